The van der Waals surface area contributed by atoms with Gasteiger partial charge in [0, 0.05) is 17.7 Å². The van der Waals surface area contributed by atoms with Gasteiger partial charge < -0.3 is 20.4 Å². The van der Waals surface area contributed by atoms with Crippen molar-refractivity contribution in [1.82, 2.24) is 15.0 Å². The van der Waals surface area contributed by atoms with E-state index in [1.807, 2.05) is 6.79 Å². The average Bonchev–Trinajstić information content (AvgIpc) is 3.57. The lowest BCUT2D eigenvalue weighted by Gasteiger charge is -2.32. The van der Waals surface area contributed by atoms with Crippen LogP contribution in [0.1, 0.15) is 30.2 Å². The van der Waals surface area contributed by atoms with Gasteiger partial charge in [-0.25, -0.2) is 19.3 Å². The van der Waals surface area contributed by atoms with Gasteiger partial charge in [0.25, 0.3) is 0 Å². The van der Waals surface area contributed by atoms with Crippen molar-refractivity contribution in [3.05, 3.63) is 47.4 Å². The van der Waals surface area contributed by atoms with Crippen molar-refractivity contribution in [3.8, 4) is 18.2 Å². The van der Waals surface area contributed by atoms with Crippen molar-refractivity contribution in [1.29, 1.82) is 0 Å². The number of aliphatic imine (C=N–C) groups is 1. The molecular formula is C22H19F2N5O4S. The Morgan fingerprint density at radius 3 is 2.76 bits per heavy atom. The number of pyridine rings is 1. The van der Waals surface area contributed by atoms with E-state index in [1.54, 1.807) is 6.92 Å². The predicted molar refractivity (Wildman–Crippen MR) is 122 cm³/mol. The van der Waals surface area contributed by atoms with Crippen LogP contribution < -0.4 is 10.5 Å². The highest BCUT2D eigenvalue weighted by molar-refractivity contribution is 8.15. The van der Waals surface area contributed by atoms with E-state index in [4.69, 9.17) is 21.7 Å². The second-order valence-corrected chi connectivity index (χ2v) is 8.83. The topological polar surface area (TPSA) is 141 Å². The van der Waals surface area contributed by atoms with Crippen molar-refractivity contribution in [3.63, 3.8) is 0 Å². The molecule has 0 saturated heterocycles. The smallest absolute Gasteiger partial charge is 0.320 e. The number of carbonyl (C=O) groups excluding carboxylic acids is 1. The summed E-state index contributed by atoms with van der Waals surface area (Å²) in [6, 6.07) is 1.39. The maximum absolute atomic E-state index is 14.7. The number of amidine groups is 1. The molecular weight excluding hydrogens is 468 g/mol. The molecule has 9 nitrogen and oxygen atoms in total. The lowest BCUT2D eigenvalue weighted by atomic mass is 9.86. The third kappa shape index (κ3) is 4.47. The number of aliphatic carboxylic acids is 1. The number of fused-ring (bicyclic) bond motifs is 1. The largest absolute Gasteiger partial charge is 0.480 e. The van der Waals surface area contributed by atoms with Gasteiger partial charge in [-0.05, 0) is 31.1 Å². The molecule has 1 aliphatic carbocycles. The lowest BCUT2D eigenvalue weighted by molar-refractivity contribution is -0.137. The molecule has 176 valence electrons. The van der Waals surface area contributed by atoms with Crippen LogP contribution in [-0.4, -0.2) is 49.3 Å². The average molecular weight is 487 g/mol. The summed E-state index contributed by atoms with van der Waals surface area (Å²) in [6.07, 6.45) is 10.1. The number of ether oxygens (including phenoxy) is 1. The number of carbonyl (C=O) groups is 2. The Labute approximate surface area is 197 Å². The number of halogens is 2. The summed E-state index contributed by atoms with van der Waals surface area (Å²) in [5.74, 6) is -0.641. The normalized spacial score (nSPS) is 25.1. The first-order valence-corrected chi connectivity index (χ1v) is 10.5. The van der Waals surface area contributed by atoms with Crippen LogP contribution in [0.25, 0.3) is 11.9 Å². The molecule has 0 amide bonds. The summed E-state index contributed by atoms with van der Waals surface area (Å²) >= 11 is 0.969. The van der Waals surface area contributed by atoms with E-state index in [2.05, 4.69) is 25.9 Å². The van der Waals surface area contributed by atoms with Crippen LogP contribution in [0.15, 0.2) is 29.6 Å². The van der Waals surface area contributed by atoms with Crippen LogP contribution in [0.3, 0.4) is 0 Å². The van der Waals surface area contributed by atoms with Gasteiger partial charge in [0.05, 0.1) is 17.9 Å². The quantitative estimate of drug-likeness (QED) is 0.464. The number of carboxylic acids is 1. The summed E-state index contributed by atoms with van der Waals surface area (Å²) in [4.78, 5) is 35.7. The Bertz CT molecular complexity index is 1220. The highest BCUT2D eigenvalue weighted by atomic mass is 32.2. The van der Waals surface area contributed by atoms with Crippen molar-refractivity contribution in [2.24, 2.45) is 16.6 Å². The van der Waals surface area contributed by atoms with Crippen LogP contribution in [0.2, 0.25) is 0 Å². The predicted octanol–water partition coefficient (Wildman–Crippen LogP) is 2.43. The third-order valence-electron chi connectivity index (χ3n) is 5.45. The van der Waals surface area contributed by atoms with E-state index in [1.165, 1.54) is 18.5 Å². The van der Waals surface area contributed by atoms with Gasteiger partial charge in [-0.2, -0.15) is 4.39 Å². The Morgan fingerprint density at radius 2 is 2.15 bits per heavy atom. The van der Waals surface area contributed by atoms with Crippen molar-refractivity contribution in [2.45, 2.75) is 23.6 Å². The number of nitrogens with two attached hydrogens (primary N) is 1. The molecule has 2 aliphatic rings. The summed E-state index contributed by atoms with van der Waals surface area (Å²) in [5.41, 5.74) is 4.83. The van der Waals surface area contributed by atoms with Gasteiger partial charge >= 0.3 is 5.97 Å². The fraction of sp³-hybridized carbons (Fsp3) is 0.273. The zero-order chi connectivity index (χ0) is 25.1. The Kier molecular flexibility index (Phi) is 6.97. The van der Waals surface area contributed by atoms with E-state index < -0.39 is 33.9 Å². The van der Waals surface area contributed by atoms with Crippen molar-refractivity contribution < 1.29 is 28.2 Å². The standard InChI is InChI=1S/C21H17F2N5O3S.CH2O/c1-3-4-31-16-10-25-14(9-26-16)13(22)6-11-5-12(17(23)27-8-11)20(2)15-7-21(15,18(29)30)32-19(24)28-20;1-2/h1,5-6,8-10,15H,4,7H2,2H3,(H2,24,28)(H,29,30);1H2. The van der Waals surface area contributed by atoms with Crippen LogP contribution in [0.4, 0.5) is 8.78 Å². The zero-order valence-electron chi connectivity index (χ0n) is 17.9. The highest BCUT2D eigenvalue weighted by Gasteiger charge is 2.71. The van der Waals surface area contributed by atoms with Crippen molar-refractivity contribution in [2.75, 3.05) is 6.61 Å². The fourth-order valence-electron chi connectivity index (χ4n) is 3.80. The van der Waals surface area contributed by atoms with Gasteiger partial charge in [-0.15, -0.1) is 6.42 Å². The molecule has 0 aromatic carbocycles. The molecule has 1 aliphatic heterocycles. The van der Waals surface area contributed by atoms with Gasteiger partial charge in [-0.3, -0.25) is 9.79 Å². The SMILES string of the molecule is C#CCOc1cnc(C(F)=Cc2cnc(F)c(C3(C)N=C(N)SC4(C(=O)O)CC43)c2)cn1.C=O. The fourth-order valence-corrected chi connectivity index (χ4v) is 5.12. The van der Waals surface area contributed by atoms with E-state index >= 15 is 0 Å². The maximum atomic E-state index is 14.7. The lowest BCUT2D eigenvalue weighted by Crippen LogP contribution is -2.39. The van der Waals surface area contributed by atoms with Gasteiger partial charge in [0.1, 0.15) is 17.2 Å². The molecule has 3 N–H and O–H groups in total. The minimum atomic E-state index is -1.25. The minimum Gasteiger partial charge on any atom is -0.480 e. The molecule has 0 spiro atoms. The number of thioether (sulfide) groups is 1. The highest BCUT2D eigenvalue weighted by Crippen LogP contribution is 2.65. The summed E-state index contributed by atoms with van der Waals surface area (Å²) < 4.78 is 33.4. The monoisotopic (exact) mass is 487 g/mol. The second kappa shape index (κ2) is 9.56. The van der Waals surface area contributed by atoms with Gasteiger partial charge in [-0.1, -0.05) is 17.7 Å². The van der Waals surface area contributed by atoms with E-state index in [9.17, 15) is 18.7 Å². The van der Waals surface area contributed by atoms with Crippen LogP contribution in [-0.2, 0) is 15.1 Å². The number of rotatable bonds is 6. The second-order valence-electron chi connectivity index (χ2n) is 7.48. The molecule has 4 rings (SSSR count). The van der Waals surface area contributed by atoms with Crippen LogP contribution in [0, 0.1) is 24.2 Å². The summed E-state index contributed by atoms with van der Waals surface area (Å²) in [6.45, 7) is 3.62. The van der Waals surface area contributed by atoms with Gasteiger partial charge in [0.2, 0.25) is 11.8 Å². The van der Waals surface area contributed by atoms with Crippen LogP contribution in [0.5, 0.6) is 5.88 Å². The Hall–Kier alpha value is -3.85. The number of terminal acetylenes is 1. The summed E-state index contributed by atoms with van der Waals surface area (Å²) in [7, 11) is 0. The molecule has 34 heavy (non-hydrogen) atoms. The summed E-state index contributed by atoms with van der Waals surface area (Å²) in [5, 5.41) is 9.69. The van der Waals surface area contributed by atoms with Crippen LogP contribution >= 0.6 is 11.8 Å². The molecule has 2 aromatic heterocycles. The Balaban J connectivity index is 0.00000158. The number of carboxylic acid groups (broad SMARTS) is 1. The van der Waals surface area contributed by atoms with E-state index in [0.717, 1.165) is 24.0 Å². The molecule has 2 aromatic rings. The number of hydrogen-bond acceptors (Lipinski definition) is 9. The first-order chi connectivity index (χ1) is 16.2. The molecule has 1 saturated carbocycles. The first-order valence-electron chi connectivity index (χ1n) is 9.68. The maximum Gasteiger partial charge on any atom is 0.320 e. The first kappa shape index (κ1) is 24.8. The number of hydrogen-bond donors (Lipinski definition) is 2. The van der Waals surface area contributed by atoms with E-state index in [-0.39, 0.29) is 40.9 Å². The molecule has 1 fully saturated rings. The molecule has 3 atom stereocenters. The van der Waals surface area contributed by atoms with E-state index in [0.29, 0.717) is 0 Å². The number of aromatic nitrogens is 3. The third-order valence-corrected chi connectivity index (χ3v) is 6.75. The Morgan fingerprint density at radius 1 is 1.41 bits per heavy atom. The van der Waals surface area contributed by atoms with Crippen molar-refractivity contribution >= 4 is 41.6 Å². The zero-order valence-corrected chi connectivity index (χ0v) is 18.7. The van der Waals surface area contributed by atoms with Gasteiger partial charge in [0.15, 0.2) is 17.6 Å². The molecule has 0 bridgehead atoms. The molecule has 3 heterocycles. The number of nitrogens with zero attached hydrogens (tertiary/aromatic N) is 4. The molecule has 3 unspecified atom stereocenters. The molecule has 0 radical (unpaired) electrons. The molecule has 12 heteroatoms. The minimum absolute atomic E-state index is 0.00476.